The zero-order chi connectivity index (χ0) is 19.4. The van der Waals surface area contributed by atoms with E-state index in [4.69, 9.17) is 4.74 Å². The van der Waals surface area contributed by atoms with Crippen LogP contribution in [0, 0.1) is 6.92 Å². The molecule has 3 nitrogen and oxygen atoms in total. The summed E-state index contributed by atoms with van der Waals surface area (Å²) in [6, 6.07) is 15.0. The molecule has 27 heavy (non-hydrogen) atoms. The lowest BCUT2D eigenvalue weighted by Gasteiger charge is -2.17. The Kier molecular flexibility index (Phi) is 6.48. The molecule has 1 atom stereocenters. The largest absolute Gasteiger partial charge is 0.496 e. The molecule has 1 amide bonds. The predicted octanol–water partition coefficient (Wildman–Crippen LogP) is 5.24. The fourth-order valence-corrected chi connectivity index (χ4v) is 4.47. The van der Waals surface area contributed by atoms with Gasteiger partial charge in [-0.05, 0) is 47.7 Å². The van der Waals surface area contributed by atoms with Crippen LogP contribution in [0.15, 0.2) is 47.4 Å². The number of hydrogen-bond donors (Lipinski definition) is 0. The minimum atomic E-state index is 0.268. The number of amides is 1. The van der Waals surface area contributed by atoms with E-state index in [9.17, 15) is 4.79 Å². The highest BCUT2D eigenvalue weighted by atomic mass is 32.2. The SMILES string of the molecule is COc1ccc([C@@H]2CC(=O)N(CCSc3ccc(C(C)C)cc3)C2)cc1C. The molecular weight excluding hydrogens is 354 g/mol. The summed E-state index contributed by atoms with van der Waals surface area (Å²) in [5.41, 5.74) is 3.73. The third-order valence-electron chi connectivity index (χ3n) is 5.28. The number of carbonyl (C=O) groups is 1. The first-order valence-electron chi connectivity index (χ1n) is 9.63. The van der Waals surface area contributed by atoms with Crippen molar-refractivity contribution in [1.82, 2.24) is 4.90 Å². The molecule has 1 aliphatic rings. The van der Waals surface area contributed by atoms with Gasteiger partial charge in [0.1, 0.15) is 5.75 Å². The van der Waals surface area contributed by atoms with Crippen molar-refractivity contribution >= 4 is 17.7 Å². The lowest BCUT2D eigenvalue weighted by atomic mass is 9.96. The molecule has 1 saturated heterocycles. The highest BCUT2D eigenvalue weighted by Gasteiger charge is 2.30. The lowest BCUT2D eigenvalue weighted by Crippen LogP contribution is -2.27. The first kappa shape index (κ1) is 19.8. The quantitative estimate of drug-likeness (QED) is 0.613. The molecule has 0 aromatic heterocycles. The maximum Gasteiger partial charge on any atom is 0.223 e. The second-order valence-electron chi connectivity index (χ2n) is 7.54. The smallest absolute Gasteiger partial charge is 0.223 e. The van der Waals surface area contributed by atoms with E-state index in [1.807, 2.05) is 22.7 Å². The molecular formula is C23H29NO2S. The summed E-state index contributed by atoms with van der Waals surface area (Å²) in [7, 11) is 1.69. The summed E-state index contributed by atoms with van der Waals surface area (Å²) in [5.74, 6) is 2.95. The van der Waals surface area contributed by atoms with Crippen molar-refractivity contribution < 1.29 is 9.53 Å². The number of nitrogens with zero attached hydrogens (tertiary/aromatic N) is 1. The van der Waals surface area contributed by atoms with Crippen molar-refractivity contribution in [2.45, 2.75) is 43.9 Å². The van der Waals surface area contributed by atoms with E-state index >= 15 is 0 Å². The molecule has 0 radical (unpaired) electrons. The van der Waals surface area contributed by atoms with E-state index < -0.39 is 0 Å². The summed E-state index contributed by atoms with van der Waals surface area (Å²) in [5, 5.41) is 0. The van der Waals surface area contributed by atoms with Crippen LogP contribution in [0.1, 0.15) is 48.8 Å². The second-order valence-corrected chi connectivity index (χ2v) is 8.71. The Balaban J connectivity index is 1.53. The number of likely N-dealkylation sites (tertiary alicyclic amines) is 1. The van der Waals surface area contributed by atoms with Crippen LogP contribution >= 0.6 is 11.8 Å². The molecule has 3 rings (SSSR count). The molecule has 0 saturated carbocycles. The van der Waals surface area contributed by atoms with Crippen LogP contribution < -0.4 is 4.74 Å². The number of ether oxygens (including phenoxy) is 1. The van der Waals surface area contributed by atoms with E-state index in [0.29, 0.717) is 12.3 Å². The normalized spacial score (nSPS) is 17.0. The Bertz CT molecular complexity index is 785. The van der Waals surface area contributed by atoms with Crippen LogP contribution in [-0.4, -0.2) is 36.8 Å². The number of methoxy groups -OCH3 is 1. The van der Waals surface area contributed by atoms with Gasteiger partial charge < -0.3 is 9.64 Å². The number of carbonyl (C=O) groups excluding carboxylic acids is 1. The summed E-state index contributed by atoms with van der Waals surface area (Å²) in [6.07, 6.45) is 0.611. The van der Waals surface area contributed by atoms with Gasteiger partial charge in [0, 0.05) is 36.1 Å². The van der Waals surface area contributed by atoms with Gasteiger partial charge in [0.2, 0.25) is 5.91 Å². The molecule has 0 unspecified atom stereocenters. The van der Waals surface area contributed by atoms with Gasteiger partial charge in [0.25, 0.3) is 0 Å². The summed E-state index contributed by atoms with van der Waals surface area (Å²) in [6.45, 7) is 8.10. The van der Waals surface area contributed by atoms with Gasteiger partial charge in [-0.15, -0.1) is 11.8 Å². The van der Waals surface area contributed by atoms with Crippen LogP contribution in [0.25, 0.3) is 0 Å². The van der Waals surface area contributed by atoms with Crippen molar-refractivity contribution in [1.29, 1.82) is 0 Å². The molecule has 0 bridgehead atoms. The van der Waals surface area contributed by atoms with Gasteiger partial charge in [-0.2, -0.15) is 0 Å². The fraction of sp³-hybridized carbons (Fsp3) is 0.435. The highest BCUT2D eigenvalue weighted by Crippen LogP contribution is 2.31. The fourth-order valence-electron chi connectivity index (χ4n) is 3.59. The Morgan fingerprint density at radius 1 is 1.19 bits per heavy atom. The number of hydrogen-bond acceptors (Lipinski definition) is 3. The first-order valence-corrected chi connectivity index (χ1v) is 10.6. The van der Waals surface area contributed by atoms with Gasteiger partial charge in [0.15, 0.2) is 0 Å². The maximum atomic E-state index is 12.4. The van der Waals surface area contributed by atoms with Crippen LogP contribution in [0.5, 0.6) is 5.75 Å². The molecule has 0 spiro atoms. The average Bonchev–Trinajstić information content (AvgIpc) is 3.03. The Labute approximate surface area is 167 Å². The zero-order valence-electron chi connectivity index (χ0n) is 16.7. The molecule has 0 N–H and O–H groups in total. The predicted molar refractivity (Wildman–Crippen MR) is 113 cm³/mol. The average molecular weight is 384 g/mol. The van der Waals surface area contributed by atoms with Crippen LogP contribution in [0.2, 0.25) is 0 Å². The van der Waals surface area contributed by atoms with Gasteiger partial charge in [-0.25, -0.2) is 0 Å². The van der Waals surface area contributed by atoms with Crippen molar-refractivity contribution in [2.24, 2.45) is 0 Å². The topological polar surface area (TPSA) is 29.5 Å². The zero-order valence-corrected chi connectivity index (χ0v) is 17.5. The highest BCUT2D eigenvalue weighted by molar-refractivity contribution is 7.99. The lowest BCUT2D eigenvalue weighted by molar-refractivity contribution is -0.127. The van der Waals surface area contributed by atoms with Gasteiger partial charge in [-0.3, -0.25) is 4.79 Å². The van der Waals surface area contributed by atoms with Crippen LogP contribution in [0.4, 0.5) is 0 Å². The Hall–Kier alpha value is -1.94. The minimum Gasteiger partial charge on any atom is -0.496 e. The maximum absolute atomic E-state index is 12.4. The summed E-state index contributed by atoms with van der Waals surface area (Å²) < 4.78 is 5.34. The third-order valence-corrected chi connectivity index (χ3v) is 6.27. The summed E-state index contributed by atoms with van der Waals surface area (Å²) in [4.78, 5) is 15.7. The van der Waals surface area contributed by atoms with Gasteiger partial charge in [-0.1, -0.05) is 38.1 Å². The van der Waals surface area contributed by atoms with Crippen LogP contribution in [0.3, 0.4) is 0 Å². The number of benzene rings is 2. The summed E-state index contributed by atoms with van der Waals surface area (Å²) >= 11 is 1.82. The molecule has 4 heteroatoms. The van der Waals surface area contributed by atoms with E-state index in [2.05, 4.69) is 57.2 Å². The monoisotopic (exact) mass is 383 g/mol. The first-order chi connectivity index (χ1) is 13.0. The van der Waals surface area contributed by atoms with Crippen molar-refractivity contribution in [3.05, 3.63) is 59.2 Å². The Morgan fingerprint density at radius 2 is 1.93 bits per heavy atom. The number of aryl methyl sites for hydroxylation is 1. The van der Waals surface area contributed by atoms with Gasteiger partial charge >= 0.3 is 0 Å². The molecule has 0 aliphatic carbocycles. The van der Waals surface area contributed by atoms with E-state index in [-0.39, 0.29) is 11.8 Å². The molecule has 2 aromatic carbocycles. The number of rotatable bonds is 7. The van der Waals surface area contributed by atoms with Crippen molar-refractivity contribution in [3.63, 3.8) is 0 Å². The van der Waals surface area contributed by atoms with E-state index in [1.54, 1.807) is 7.11 Å². The molecule has 1 aliphatic heterocycles. The molecule has 1 heterocycles. The number of thioether (sulfide) groups is 1. The third kappa shape index (κ3) is 4.86. The second kappa shape index (κ2) is 8.83. The minimum absolute atomic E-state index is 0.268. The molecule has 1 fully saturated rings. The van der Waals surface area contributed by atoms with E-state index in [0.717, 1.165) is 30.2 Å². The van der Waals surface area contributed by atoms with Crippen LogP contribution in [-0.2, 0) is 4.79 Å². The standard InChI is InChI=1S/C23H29NO2S/c1-16(2)18-5-8-21(9-6-18)27-12-11-24-15-20(14-23(24)25)19-7-10-22(26-4)17(3)13-19/h5-10,13,16,20H,11-12,14-15H2,1-4H3/t20-/m1/s1. The van der Waals surface area contributed by atoms with E-state index in [1.165, 1.54) is 16.0 Å². The molecule has 2 aromatic rings. The van der Waals surface area contributed by atoms with Crippen molar-refractivity contribution in [3.8, 4) is 5.75 Å². The van der Waals surface area contributed by atoms with Crippen molar-refractivity contribution in [2.75, 3.05) is 26.0 Å². The van der Waals surface area contributed by atoms with Gasteiger partial charge in [0.05, 0.1) is 7.11 Å². The Morgan fingerprint density at radius 3 is 2.56 bits per heavy atom. The molecule has 144 valence electrons.